The highest BCUT2D eigenvalue weighted by atomic mass is 79.9. The zero-order valence-electron chi connectivity index (χ0n) is 13.3. The third kappa shape index (κ3) is 3.11. The first-order valence-electron chi connectivity index (χ1n) is 8.31. The molecule has 23 heavy (non-hydrogen) atoms. The van der Waals surface area contributed by atoms with Crippen molar-refractivity contribution < 1.29 is 4.52 Å². The fraction of sp³-hybridized carbons (Fsp3) is 0.500. The van der Waals surface area contributed by atoms with Gasteiger partial charge in [-0.15, -0.1) is 11.8 Å². The third-order valence-corrected chi connectivity index (χ3v) is 6.56. The maximum absolute atomic E-state index is 5.58. The van der Waals surface area contributed by atoms with Crippen molar-refractivity contribution in [3.63, 3.8) is 0 Å². The van der Waals surface area contributed by atoms with Crippen LogP contribution in [0.2, 0.25) is 0 Å². The van der Waals surface area contributed by atoms with E-state index < -0.39 is 0 Å². The summed E-state index contributed by atoms with van der Waals surface area (Å²) in [6, 6.07) is 7.12. The minimum Gasteiger partial charge on any atom is -0.361 e. The molecule has 0 spiro atoms. The SMILES string of the molecule is CN(Cc1noc2c1CCCC2)C1CCSc2ccc(Br)cc21. The van der Waals surface area contributed by atoms with Gasteiger partial charge in [-0.2, -0.15) is 0 Å². The average molecular weight is 393 g/mol. The van der Waals surface area contributed by atoms with Gasteiger partial charge < -0.3 is 4.52 Å². The summed E-state index contributed by atoms with van der Waals surface area (Å²) in [5, 5.41) is 4.38. The van der Waals surface area contributed by atoms with Crippen LogP contribution in [0.25, 0.3) is 0 Å². The lowest BCUT2D eigenvalue weighted by Gasteiger charge is -2.32. The second-order valence-electron chi connectivity index (χ2n) is 6.49. The van der Waals surface area contributed by atoms with Gasteiger partial charge in [0.25, 0.3) is 0 Å². The molecule has 0 saturated carbocycles. The van der Waals surface area contributed by atoms with Crippen LogP contribution in [-0.4, -0.2) is 22.9 Å². The van der Waals surface area contributed by atoms with Crippen LogP contribution in [0.5, 0.6) is 0 Å². The Hall–Kier alpha value is -0.780. The van der Waals surface area contributed by atoms with Crippen LogP contribution in [0.15, 0.2) is 32.1 Å². The van der Waals surface area contributed by atoms with E-state index in [4.69, 9.17) is 4.52 Å². The van der Waals surface area contributed by atoms with E-state index in [-0.39, 0.29) is 0 Å². The molecule has 1 unspecified atom stereocenters. The molecule has 1 aliphatic carbocycles. The number of aromatic nitrogens is 1. The van der Waals surface area contributed by atoms with Gasteiger partial charge in [0.15, 0.2) is 0 Å². The summed E-state index contributed by atoms with van der Waals surface area (Å²) in [5.41, 5.74) is 3.97. The van der Waals surface area contributed by atoms with Crippen LogP contribution in [0.1, 0.15) is 47.9 Å². The summed E-state index contributed by atoms with van der Waals surface area (Å²) in [4.78, 5) is 3.86. The maximum Gasteiger partial charge on any atom is 0.140 e. The molecule has 4 rings (SSSR count). The van der Waals surface area contributed by atoms with Crippen LogP contribution in [0.3, 0.4) is 0 Å². The van der Waals surface area contributed by atoms with Gasteiger partial charge in [0, 0.05) is 33.9 Å². The first-order valence-corrected chi connectivity index (χ1v) is 10.1. The predicted molar refractivity (Wildman–Crippen MR) is 96.8 cm³/mol. The molecule has 0 saturated heterocycles. The average Bonchev–Trinajstić information content (AvgIpc) is 2.97. The largest absolute Gasteiger partial charge is 0.361 e. The van der Waals surface area contributed by atoms with E-state index in [2.05, 4.69) is 51.2 Å². The quantitative estimate of drug-likeness (QED) is 0.735. The van der Waals surface area contributed by atoms with Gasteiger partial charge in [0.2, 0.25) is 0 Å². The third-order valence-electron chi connectivity index (χ3n) is 4.94. The van der Waals surface area contributed by atoms with Crippen LogP contribution in [0.4, 0.5) is 0 Å². The molecule has 1 aromatic carbocycles. The molecule has 0 radical (unpaired) electrons. The van der Waals surface area contributed by atoms with E-state index in [0.29, 0.717) is 6.04 Å². The number of benzene rings is 1. The molecule has 0 bridgehead atoms. The topological polar surface area (TPSA) is 29.3 Å². The first-order chi connectivity index (χ1) is 11.2. The van der Waals surface area contributed by atoms with Gasteiger partial charge in [0.1, 0.15) is 11.5 Å². The number of nitrogens with zero attached hydrogens (tertiary/aromatic N) is 2. The van der Waals surface area contributed by atoms with Gasteiger partial charge in [-0.05, 0) is 62.2 Å². The standard InChI is InChI=1S/C18H21BrN2OS/c1-21(11-15-13-4-2-3-5-17(13)22-20-15)16-8-9-23-18-7-6-12(19)10-14(16)18/h6-7,10,16H,2-5,8-9,11H2,1H3. The van der Waals surface area contributed by atoms with Crippen molar-refractivity contribution in [2.45, 2.75) is 49.6 Å². The van der Waals surface area contributed by atoms with E-state index in [9.17, 15) is 0 Å². The fourth-order valence-corrected chi connectivity index (χ4v) is 5.19. The highest BCUT2D eigenvalue weighted by molar-refractivity contribution is 9.10. The Morgan fingerprint density at radius 2 is 2.22 bits per heavy atom. The van der Waals surface area contributed by atoms with E-state index in [1.54, 1.807) is 0 Å². The van der Waals surface area contributed by atoms with Crippen molar-refractivity contribution in [1.29, 1.82) is 0 Å². The van der Waals surface area contributed by atoms with Gasteiger partial charge >= 0.3 is 0 Å². The molecular formula is C18H21BrN2OS. The summed E-state index contributed by atoms with van der Waals surface area (Å²) in [6.45, 7) is 0.875. The molecular weight excluding hydrogens is 372 g/mol. The zero-order chi connectivity index (χ0) is 15.8. The minimum absolute atomic E-state index is 0.458. The van der Waals surface area contributed by atoms with Gasteiger partial charge in [0.05, 0.1) is 0 Å². The van der Waals surface area contributed by atoms with Crippen LogP contribution < -0.4 is 0 Å². The lowest BCUT2D eigenvalue weighted by molar-refractivity contribution is 0.220. The number of thioether (sulfide) groups is 1. The Labute approximate surface area is 149 Å². The number of rotatable bonds is 3. The number of hydrogen-bond donors (Lipinski definition) is 0. The highest BCUT2D eigenvalue weighted by Crippen LogP contribution is 2.40. The number of aryl methyl sites for hydroxylation is 1. The van der Waals surface area contributed by atoms with Crippen molar-refractivity contribution in [2.24, 2.45) is 0 Å². The number of fused-ring (bicyclic) bond motifs is 2. The highest BCUT2D eigenvalue weighted by Gasteiger charge is 2.27. The van der Waals surface area contributed by atoms with E-state index in [1.165, 1.54) is 41.0 Å². The van der Waals surface area contributed by atoms with Crippen molar-refractivity contribution in [3.05, 3.63) is 45.3 Å². The lowest BCUT2D eigenvalue weighted by Crippen LogP contribution is -2.27. The molecule has 0 N–H and O–H groups in total. The summed E-state index contributed by atoms with van der Waals surface area (Å²) >= 11 is 5.59. The summed E-state index contributed by atoms with van der Waals surface area (Å²) in [5.74, 6) is 2.31. The first kappa shape index (κ1) is 15.7. The fourth-order valence-electron chi connectivity index (χ4n) is 3.72. The van der Waals surface area contributed by atoms with Crippen molar-refractivity contribution >= 4 is 27.7 Å². The molecule has 1 atom stereocenters. The Morgan fingerprint density at radius 3 is 3.13 bits per heavy atom. The second-order valence-corrected chi connectivity index (χ2v) is 8.54. The van der Waals surface area contributed by atoms with Crippen LogP contribution in [0, 0.1) is 0 Å². The molecule has 2 heterocycles. The molecule has 2 aliphatic rings. The van der Waals surface area contributed by atoms with E-state index in [0.717, 1.165) is 35.3 Å². The maximum atomic E-state index is 5.58. The van der Waals surface area contributed by atoms with E-state index >= 15 is 0 Å². The molecule has 0 fully saturated rings. The molecule has 1 aliphatic heterocycles. The summed E-state index contributed by atoms with van der Waals surface area (Å²) in [6.07, 6.45) is 5.87. The minimum atomic E-state index is 0.458. The molecule has 122 valence electrons. The number of halogens is 1. The smallest absolute Gasteiger partial charge is 0.140 e. The van der Waals surface area contributed by atoms with Gasteiger partial charge in [-0.1, -0.05) is 21.1 Å². The van der Waals surface area contributed by atoms with Gasteiger partial charge in [-0.3, -0.25) is 4.90 Å². The predicted octanol–water partition coefficient (Wildman–Crippen LogP) is 4.98. The van der Waals surface area contributed by atoms with Crippen LogP contribution in [-0.2, 0) is 19.4 Å². The Morgan fingerprint density at radius 1 is 1.35 bits per heavy atom. The summed E-state index contributed by atoms with van der Waals surface area (Å²) < 4.78 is 6.74. The molecule has 5 heteroatoms. The number of hydrogen-bond acceptors (Lipinski definition) is 4. The monoisotopic (exact) mass is 392 g/mol. The van der Waals surface area contributed by atoms with Crippen LogP contribution >= 0.6 is 27.7 Å². The second kappa shape index (κ2) is 6.61. The normalized spacial score (nSPS) is 20.4. The lowest BCUT2D eigenvalue weighted by atomic mass is 9.96. The Bertz CT molecular complexity index is 715. The van der Waals surface area contributed by atoms with Gasteiger partial charge in [-0.25, -0.2) is 0 Å². The van der Waals surface area contributed by atoms with E-state index in [1.807, 2.05) is 11.8 Å². The zero-order valence-corrected chi connectivity index (χ0v) is 15.8. The van der Waals surface area contributed by atoms with Crippen molar-refractivity contribution in [2.75, 3.05) is 12.8 Å². The molecule has 1 aromatic heterocycles. The molecule has 3 nitrogen and oxygen atoms in total. The Kier molecular flexibility index (Phi) is 4.52. The van der Waals surface area contributed by atoms with Crippen molar-refractivity contribution in [3.8, 4) is 0 Å². The summed E-state index contributed by atoms with van der Waals surface area (Å²) in [7, 11) is 2.22. The molecule has 2 aromatic rings. The van der Waals surface area contributed by atoms with Crippen molar-refractivity contribution in [1.82, 2.24) is 10.1 Å². The Balaban J connectivity index is 1.57. The molecule has 0 amide bonds.